The SMILES string of the molecule is NC(=O)Cc1ccc(NC(=O)/C=C/c2ccc(S(=O)(=O)Nc3ccccc3Cl)cc2)cc1. The van der Waals surface area contributed by atoms with Crippen LogP contribution < -0.4 is 15.8 Å². The van der Waals surface area contributed by atoms with Gasteiger partial charge in [0.1, 0.15) is 0 Å². The zero-order valence-electron chi connectivity index (χ0n) is 16.8. The van der Waals surface area contributed by atoms with Gasteiger partial charge in [-0.25, -0.2) is 8.42 Å². The van der Waals surface area contributed by atoms with Crippen LogP contribution in [-0.4, -0.2) is 20.2 Å². The number of amides is 2. The summed E-state index contributed by atoms with van der Waals surface area (Å²) in [6.07, 6.45) is 3.03. The Morgan fingerprint density at radius 2 is 1.59 bits per heavy atom. The van der Waals surface area contributed by atoms with Gasteiger partial charge in [-0.1, -0.05) is 48.0 Å². The molecule has 0 aliphatic heterocycles. The van der Waals surface area contributed by atoms with Gasteiger partial charge in [0.15, 0.2) is 0 Å². The van der Waals surface area contributed by atoms with Crippen molar-refractivity contribution in [3.8, 4) is 0 Å². The summed E-state index contributed by atoms with van der Waals surface area (Å²) in [7, 11) is -3.80. The summed E-state index contributed by atoms with van der Waals surface area (Å²) in [4.78, 5) is 23.1. The lowest BCUT2D eigenvalue weighted by molar-refractivity contribution is -0.117. The van der Waals surface area contributed by atoms with Crippen LogP contribution in [0.15, 0.2) is 83.8 Å². The largest absolute Gasteiger partial charge is 0.369 e. The molecule has 0 aromatic heterocycles. The minimum Gasteiger partial charge on any atom is -0.369 e. The number of nitrogens with one attached hydrogen (secondary N) is 2. The second-order valence-corrected chi connectivity index (χ2v) is 8.91. The third-order valence-electron chi connectivity index (χ3n) is 4.34. The summed E-state index contributed by atoms with van der Waals surface area (Å²) in [5, 5.41) is 3.00. The van der Waals surface area contributed by atoms with Gasteiger partial charge in [-0.05, 0) is 53.6 Å². The monoisotopic (exact) mass is 469 g/mol. The Bertz CT molecular complexity index is 1260. The number of halogens is 1. The second kappa shape index (κ2) is 10.1. The van der Waals surface area contributed by atoms with Gasteiger partial charge in [-0.3, -0.25) is 14.3 Å². The fourth-order valence-corrected chi connectivity index (χ4v) is 4.09. The summed E-state index contributed by atoms with van der Waals surface area (Å²) >= 11 is 6.01. The van der Waals surface area contributed by atoms with Crippen LogP contribution in [0.2, 0.25) is 5.02 Å². The predicted molar refractivity (Wildman–Crippen MR) is 126 cm³/mol. The van der Waals surface area contributed by atoms with E-state index in [1.165, 1.54) is 18.2 Å². The highest BCUT2D eigenvalue weighted by atomic mass is 35.5. The van der Waals surface area contributed by atoms with Crippen LogP contribution in [0.25, 0.3) is 6.08 Å². The Kier molecular flexibility index (Phi) is 7.29. The molecule has 0 heterocycles. The standard InChI is InChI=1S/C23H20ClN3O4S/c24-20-3-1-2-4-21(20)27-32(30,31)19-12-7-16(8-13-19)9-14-23(29)26-18-10-5-17(6-11-18)15-22(25)28/h1-14,27H,15H2,(H2,25,28)(H,26,29)/b14-9+. The fraction of sp³-hybridized carbons (Fsp3) is 0.0435. The zero-order chi connectivity index (χ0) is 23.1. The second-order valence-electron chi connectivity index (χ2n) is 6.82. The van der Waals surface area contributed by atoms with Gasteiger partial charge in [0.05, 0.1) is 22.0 Å². The zero-order valence-corrected chi connectivity index (χ0v) is 18.4. The van der Waals surface area contributed by atoms with Crippen LogP contribution >= 0.6 is 11.6 Å². The van der Waals surface area contributed by atoms with Crippen molar-refractivity contribution in [1.29, 1.82) is 0 Å². The van der Waals surface area contributed by atoms with E-state index in [0.29, 0.717) is 16.3 Å². The number of carbonyl (C=O) groups excluding carboxylic acids is 2. The number of benzene rings is 3. The molecular formula is C23H20ClN3O4S. The maximum absolute atomic E-state index is 12.5. The molecule has 0 atom stereocenters. The Morgan fingerprint density at radius 1 is 0.938 bits per heavy atom. The lowest BCUT2D eigenvalue weighted by Gasteiger charge is -2.09. The highest BCUT2D eigenvalue weighted by Gasteiger charge is 2.15. The third-order valence-corrected chi connectivity index (χ3v) is 6.05. The summed E-state index contributed by atoms with van der Waals surface area (Å²) in [5.74, 6) is -0.784. The maximum atomic E-state index is 12.5. The van der Waals surface area contributed by atoms with Gasteiger partial charge >= 0.3 is 0 Å². The van der Waals surface area contributed by atoms with Gasteiger partial charge in [-0.15, -0.1) is 0 Å². The number of hydrogen-bond donors (Lipinski definition) is 3. The topological polar surface area (TPSA) is 118 Å². The van der Waals surface area contributed by atoms with Crippen LogP contribution in [0.4, 0.5) is 11.4 Å². The number of nitrogens with two attached hydrogens (primary N) is 1. The summed E-state index contributed by atoms with van der Waals surface area (Å²) in [6.45, 7) is 0. The average Bonchev–Trinajstić information content (AvgIpc) is 2.75. The summed E-state index contributed by atoms with van der Waals surface area (Å²) < 4.78 is 27.5. The molecule has 3 rings (SSSR count). The van der Waals surface area contributed by atoms with Crippen molar-refractivity contribution >= 4 is 50.9 Å². The van der Waals surface area contributed by atoms with Crippen molar-refractivity contribution < 1.29 is 18.0 Å². The van der Waals surface area contributed by atoms with Crippen molar-refractivity contribution in [2.45, 2.75) is 11.3 Å². The third kappa shape index (κ3) is 6.44. The molecule has 0 aliphatic carbocycles. The van der Waals surface area contributed by atoms with E-state index in [1.807, 2.05) is 0 Å². The van der Waals surface area contributed by atoms with Crippen molar-refractivity contribution in [3.63, 3.8) is 0 Å². The Morgan fingerprint density at radius 3 is 2.22 bits per heavy atom. The molecule has 4 N–H and O–H groups in total. The van der Waals surface area contributed by atoms with E-state index in [-0.39, 0.29) is 22.9 Å². The Labute approximate surface area is 191 Å². The summed E-state index contributed by atoms with van der Waals surface area (Å²) in [5.41, 5.74) is 7.41. The first-order chi connectivity index (χ1) is 15.2. The molecular weight excluding hydrogens is 450 g/mol. The van der Waals surface area contributed by atoms with Crippen LogP contribution in [0, 0.1) is 0 Å². The smallest absolute Gasteiger partial charge is 0.261 e. The summed E-state index contributed by atoms with van der Waals surface area (Å²) in [6, 6.07) is 19.4. The first-order valence-electron chi connectivity index (χ1n) is 9.47. The number of rotatable bonds is 8. The van der Waals surface area contributed by atoms with Crippen LogP contribution in [0.5, 0.6) is 0 Å². The number of sulfonamides is 1. The van der Waals surface area contributed by atoms with Crippen LogP contribution in [0.1, 0.15) is 11.1 Å². The van der Waals surface area contributed by atoms with E-state index in [0.717, 1.165) is 5.56 Å². The molecule has 0 radical (unpaired) electrons. The molecule has 7 nitrogen and oxygen atoms in total. The van der Waals surface area contributed by atoms with Crippen molar-refractivity contribution in [3.05, 3.63) is 95.0 Å². The van der Waals surface area contributed by atoms with Crippen LogP contribution in [-0.2, 0) is 26.0 Å². The van der Waals surface area contributed by atoms with E-state index in [4.69, 9.17) is 17.3 Å². The fourth-order valence-electron chi connectivity index (χ4n) is 2.77. The van der Waals surface area contributed by atoms with Gasteiger partial charge < -0.3 is 11.1 Å². The van der Waals surface area contributed by atoms with E-state index >= 15 is 0 Å². The molecule has 0 bridgehead atoms. The molecule has 3 aromatic carbocycles. The molecule has 9 heteroatoms. The van der Waals surface area contributed by atoms with E-state index < -0.39 is 15.9 Å². The van der Waals surface area contributed by atoms with Crippen LogP contribution in [0.3, 0.4) is 0 Å². The van der Waals surface area contributed by atoms with Gasteiger partial charge in [0.2, 0.25) is 11.8 Å². The Hall–Kier alpha value is -3.62. The van der Waals surface area contributed by atoms with E-state index in [1.54, 1.807) is 66.7 Å². The minimum atomic E-state index is -3.80. The van der Waals surface area contributed by atoms with Crippen molar-refractivity contribution in [2.24, 2.45) is 5.73 Å². The lowest BCUT2D eigenvalue weighted by atomic mass is 10.1. The van der Waals surface area contributed by atoms with E-state index in [9.17, 15) is 18.0 Å². The molecule has 3 aromatic rings. The molecule has 164 valence electrons. The molecule has 0 unspecified atom stereocenters. The Balaban J connectivity index is 1.61. The number of para-hydroxylation sites is 1. The normalized spacial score (nSPS) is 11.3. The molecule has 0 spiro atoms. The van der Waals surface area contributed by atoms with Gasteiger partial charge in [0, 0.05) is 11.8 Å². The molecule has 0 fully saturated rings. The number of carbonyl (C=O) groups is 2. The van der Waals surface area contributed by atoms with Crippen molar-refractivity contribution in [1.82, 2.24) is 0 Å². The molecule has 0 saturated carbocycles. The number of anilines is 2. The highest BCUT2D eigenvalue weighted by molar-refractivity contribution is 7.92. The molecule has 0 aliphatic rings. The minimum absolute atomic E-state index is 0.0649. The predicted octanol–water partition coefficient (Wildman–Crippen LogP) is 3.82. The quantitative estimate of drug-likeness (QED) is 0.434. The number of hydrogen-bond acceptors (Lipinski definition) is 4. The molecule has 0 saturated heterocycles. The molecule has 2 amide bonds. The molecule has 32 heavy (non-hydrogen) atoms. The number of primary amides is 1. The highest BCUT2D eigenvalue weighted by Crippen LogP contribution is 2.24. The van der Waals surface area contributed by atoms with Gasteiger partial charge in [0.25, 0.3) is 10.0 Å². The lowest BCUT2D eigenvalue weighted by Crippen LogP contribution is -2.13. The van der Waals surface area contributed by atoms with Gasteiger partial charge in [-0.2, -0.15) is 0 Å². The first-order valence-corrected chi connectivity index (χ1v) is 11.3. The van der Waals surface area contributed by atoms with Crippen molar-refractivity contribution in [2.75, 3.05) is 10.0 Å². The first kappa shape index (κ1) is 23.1. The average molecular weight is 470 g/mol. The maximum Gasteiger partial charge on any atom is 0.261 e. The van der Waals surface area contributed by atoms with E-state index in [2.05, 4.69) is 10.0 Å².